The first kappa shape index (κ1) is 13.1. The number of carbonyl (C=O) groups is 1. The zero-order valence-electron chi connectivity index (χ0n) is 10.2. The van der Waals surface area contributed by atoms with Crippen molar-refractivity contribution in [2.24, 2.45) is 0 Å². The number of hydrogen-bond donors (Lipinski definition) is 1. The molecule has 1 heterocycles. The van der Waals surface area contributed by atoms with Gasteiger partial charge in [-0.05, 0) is 31.2 Å². The predicted octanol–water partition coefficient (Wildman–Crippen LogP) is 2.15. The van der Waals surface area contributed by atoms with Gasteiger partial charge in [-0.1, -0.05) is 11.6 Å². The van der Waals surface area contributed by atoms with Crippen LogP contribution in [0.3, 0.4) is 0 Å². The minimum Gasteiger partial charge on any atom is -0.352 e. The number of halogens is 1. The molecule has 0 aliphatic carbocycles. The van der Waals surface area contributed by atoms with Crippen molar-refractivity contribution in [3.8, 4) is 11.8 Å². The maximum atomic E-state index is 11.8. The highest BCUT2D eigenvalue weighted by atomic mass is 35.5. The molecule has 0 unspecified atom stereocenters. The number of carbonyl (C=O) groups excluding carboxylic acids is 1. The number of hydrogen-bond acceptors (Lipinski definition) is 3. The van der Waals surface area contributed by atoms with E-state index < -0.39 is 0 Å². The van der Waals surface area contributed by atoms with Crippen molar-refractivity contribution in [2.75, 3.05) is 6.54 Å². The summed E-state index contributed by atoms with van der Waals surface area (Å²) in [5.74, 6) is -0.306. The smallest absolute Gasteiger partial charge is 0.255 e. The second-order valence-corrected chi connectivity index (χ2v) is 4.20. The van der Waals surface area contributed by atoms with Crippen LogP contribution in [0.1, 0.15) is 23.0 Å². The molecule has 1 N–H and O–H groups in total. The molecular weight excluding hydrogens is 264 g/mol. The van der Waals surface area contributed by atoms with E-state index in [9.17, 15) is 10.1 Å². The van der Waals surface area contributed by atoms with E-state index in [4.69, 9.17) is 11.6 Å². The molecule has 0 spiro atoms. The quantitative estimate of drug-likeness (QED) is 0.932. The SMILES string of the molecule is CCNC(=O)c1cnn(-c2ccc(Cl)cc2)c1C#N. The third kappa shape index (κ3) is 2.59. The Kier molecular flexibility index (Phi) is 3.83. The minimum atomic E-state index is -0.306. The Balaban J connectivity index is 2.46. The van der Waals surface area contributed by atoms with Gasteiger partial charge in [0, 0.05) is 11.6 Å². The Morgan fingerprint density at radius 3 is 2.74 bits per heavy atom. The van der Waals surface area contributed by atoms with Crippen LogP contribution in [-0.4, -0.2) is 22.2 Å². The van der Waals surface area contributed by atoms with Crippen molar-refractivity contribution >= 4 is 17.5 Å². The van der Waals surface area contributed by atoms with E-state index in [1.807, 2.05) is 13.0 Å². The van der Waals surface area contributed by atoms with E-state index in [-0.39, 0.29) is 17.2 Å². The van der Waals surface area contributed by atoms with Crippen LogP contribution in [0, 0.1) is 11.3 Å². The maximum absolute atomic E-state index is 11.8. The van der Waals surface area contributed by atoms with E-state index in [0.29, 0.717) is 17.3 Å². The lowest BCUT2D eigenvalue weighted by molar-refractivity contribution is 0.0955. The molecule has 2 aromatic rings. The van der Waals surface area contributed by atoms with Gasteiger partial charge in [0.05, 0.1) is 17.4 Å². The lowest BCUT2D eigenvalue weighted by Crippen LogP contribution is -2.23. The largest absolute Gasteiger partial charge is 0.352 e. The van der Waals surface area contributed by atoms with Crippen molar-refractivity contribution in [3.63, 3.8) is 0 Å². The number of aromatic nitrogens is 2. The fraction of sp³-hybridized carbons (Fsp3) is 0.154. The second kappa shape index (κ2) is 5.55. The van der Waals surface area contributed by atoms with E-state index in [2.05, 4.69) is 10.4 Å². The summed E-state index contributed by atoms with van der Waals surface area (Å²) in [5, 5.41) is 16.5. The topological polar surface area (TPSA) is 70.7 Å². The molecule has 19 heavy (non-hydrogen) atoms. The molecule has 0 radical (unpaired) electrons. The van der Waals surface area contributed by atoms with Gasteiger partial charge < -0.3 is 5.32 Å². The lowest BCUT2D eigenvalue weighted by Gasteiger charge is -2.04. The first-order valence-electron chi connectivity index (χ1n) is 5.69. The van der Waals surface area contributed by atoms with Crippen LogP contribution in [0.15, 0.2) is 30.5 Å². The molecule has 6 heteroatoms. The van der Waals surface area contributed by atoms with E-state index in [1.165, 1.54) is 10.9 Å². The molecule has 5 nitrogen and oxygen atoms in total. The Bertz CT molecular complexity index is 640. The zero-order valence-corrected chi connectivity index (χ0v) is 11.0. The summed E-state index contributed by atoms with van der Waals surface area (Å²) in [6.07, 6.45) is 1.39. The first-order valence-corrected chi connectivity index (χ1v) is 6.07. The Morgan fingerprint density at radius 2 is 2.16 bits per heavy atom. The highest BCUT2D eigenvalue weighted by molar-refractivity contribution is 6.30. The standard InChI is InChI=1S/C13H11ClN4O/c1-2-16-13(19)11-8-17-18(12(11)7-15)10-5-3-9(14)4-6-10/h3-6,8H,2H2,1H3,(H,16,19). The molecule has 0 fully saturated rings. The number of amides is 1. The highest BCUT2D eigenvalue weighted by Gasteiger charge is 2.17. The molecule has 2 rings (SSSR count). The van der Waals surface area contributed by atoms with Gasteiger partial charge in [-0.3, -0.25) is 4.79 Å². The van der Waals surface area contributed by atoms with Crippen LogP contribution < -0.4 is 5.32 Å². The maximum Gasteiger partial charge on any atom is 0.255 e. The summed E-state index contributed by atoms with van der Waals surface area (Å²) in [6, 6.07) is 8.87. The number of nitriles is 1. The van der Waals surface area contributed by atoms with Crippen molar-refractivity contribution in [1.29, 1.82) is 5.26 Å². The number of benzene rings is 1. The van der Waals surface area contributed by atoms with Crippen LogP contribution in [0.4, 0.5) is 0 Å². The van der Waals surface area contributed by atoms with Crippen molar-refractivity contribution in [1.82, 2.24) is 15.1 Å². The summed E-state index contributed by atoms with van der Waals surface area (Å²) >= 11 is 5.81. The van der Waals surface area contributed by atoms with Crippen LogP contribution in [0.5, 0.6) is 0 Å². The third-order valence-corrected chi connectivity index (χ3v) is 2.78. The minimum absolute atomic E-state index is 0.202. The Morgan fingerprint density at radius 1 is 1.47 bits per heavy atom. The number of rotatable bonds is 3. The van der Waals surface area contributed by atoms with E-state index in [1.54, 1.807) is 24.3 Å². The van der Waals surface area contributed by atoms with E-state index >= 15 is 0 Å². The molecule has 1 aromatic carbocycles. The van der Waals surface area contributed by atoms with Crippen LogP contribution in [0.2, 0.25) is 5.02 Å². The van der Waals surface area contributed by atoms with Gasteiger partial charge in [0.25, 0.3) is 5.91 Å². The Labute approximate surface area is 115 Å². The molecule has 0 saturated heterocycles. The normalized spacial score (nSPS) is 9.95. The summed E-state index contributed by atoms with van der Waals surface area (Å²) in [5.41, 5.74) is 1.14. The van der Waals surface area contributed by atoms with Gasteiger partial charge in [-0.15, -0.1) is 0 Å². The molecule has 1 amide bonds. The molecule has 0 saturated carbocycles. The molecule has 96 valence electrons. The molecule has 0 aliphatic rings. The van der Waals surface area contributed by atoms with Crippen molar-refractivity contribution in [2.45, 2.75) is 6.92 Å². The average molecular weight is 275 g/mol. The monoisotopic (exact) mass is 274 g/mol. The van der Waals surface area contributed by atoms with Crippen LogP contribution in [0.25, 0.3) is 5.69 Å². The summed E-state index contributed by atoms with van der Waals surface area (Å²) in [6.45, 7) is 2.31. The van der Waals surface area contributed by atoms with Crippen LogP contribution >= 0.6 is 11.6 Å². The molecule has 0 bridgehead atoms. The van der Waals surface area contributed by atoms with Gasteiger partial charge in [0.2, 0.25) is 0 Å². The molecular formula is C13H11ClN4O. The summed E-state index contributed by atoms with van der Waals surface area (Å²) in [4.78, 5) is 11.8. The van der Waals surface area contributed by atoms with Gasteiger partial charge >= 0.3 is 0 Å². The summed E-state index contributed by atoms with van der Waals surface area (Å²) < 4.78 is 1.42. The predicted molar refractivity (Wildman–Crippen MR) is 71.3 cm³/mol. The summed E-state index contributed by atoms with van der Waals surface area (Å²) in [7, 11) is 0. The van der Waals surface area contributed by atoms with Crippen molar-refractivity contribution in [3.05, 3.63) is 46.7 Å². The molecule has 0 atom stereocenters. The highest BCUT2D eigenvalue weighted by Crippen LogP contribution is 2.17. The lowest BCUT2D eigenvalue weighted by atomic mass is 10.2. The van der Waals surface area contributed by atoms with E-state index in [0.717, 1.165) is 0 Å². The van der Waals surface area contributed by atoms with Crippen LogP contribution in [-0.2, 0) is 0 Å². The molecule has 0 aliphatic heterocycles. The zero-order chi connectivity index (χ0) is 13.8. The first-order chi connectivity index (χ1) is 9.17. The fourth-order valence-corrected chi connectivity index (χ4v) is 1.78. The van der Waals surface area contributed by atoms with Gasteiger partial charge in [-0.25, -0.2) is 4.68 Å². The van der Waals surface area contributed by atoms with Crippen molar-refractivity contribution < 1.29 is 4.79 Å². The number of nitrogens with one attached hydrogen (secondary N) is 1. The third-order valence-electron chi connectivity index (χ3n) is 2.53. The van der Waals surface area contributed by atoms with Gasteiger partial charge in [0.1, 0.15) is 6.07 Å². The average Bonchev–Trinajstić information content (AvgIpc) is 2.83. The fourth-order valence-electron chi connectivity index (χ4n) is 1.66. The molecule has 1 aromatic heterocycles. The Hall–Kier alpha value is -2.32. The second-order valence-electron chi connectivity index (χ2n) is 3.77. The number of nitrogens with zero attached hydrogens (tertiary/aromatic N) is 3. The van der Waals surface area contributed by atoms with Gasteiger partial charge in [-0.2, -0.15) is 10.4 Å². The van der Waals surface area contributed by atoms with Gasteiger partial charge in [0.15, 0.2) is 5.69 Å².